The summed E-state index contributed by atoms with van der Waals surface area (Å²) in [6.07, 6.45) is 0. The molecule has 0 fully saturated rings. The molecule has 2 heterocycles. The second-order valence-corrected chi connectivity index (χ2v) is 12.4. The van der Waals surface area contributed by atoms with Crippen molar-refractivity contribution in [2.75, 3.05) is 0 Å². The van der Waals surface area contributed by atoms with E-state index < -0.39 is 0 Å². The number of nitriles is 1. The van der Waals surface area contributed by atoms with Crippen molar-refractivity contribution in [3.05, 3.63) is 148 Å². The topological polar surface area (TPSA) is 38.0 Å². The molecule has 0 aliphatic heterocycles. The highest BCUT2D eigenvalue weighted by molar-refractivity contribution is 6.13. The SMILES string of the molecule is [C-]#[N+]c1c(-n2c3cc(C)ccc3c3ccc(C)cc32)ccc(-c2cccc(C#N)c2)c1-n1c2cc(C)ccc2c2ccc(C)cc21. The molecular weight excluding hydrogens is 560 g/mol. The zero-order chi connectivity index (χ0) is 31.7. The van der Waals surface area contributed by atoms with E-state index in [-0.39, 0.29) is 0 Å². The molecule has 0 saturated heterocycles. The summed E-state index contributed by atoms with van der Waals surface area (Å²) in [5.41, 5.74) is 13.5. The smallest absolute Gasteiger partial charge is 0.234 e. The van der Waals surface area contributed by atoms with E-state index in [2.05, 4.69) is 133 Å². The molecule has 8 aromatic rings. The van der Waals surface area contributed by atoms with Gasteiger partial charge in [0, 0.05) is 21.5 Å². The highest BCUT2D eigenvalue weighted by atomic mass is 15.1. The molecule has 0 spiro atoms. The van der Waals surface area contributed by atoms with E-state index in [9.17, 15) is 5.26 Å². The molecule has 218 valence electrons. The zero-order valence-electron chi connectivity index (χ0n) is 26.2. The van der Waals surface area contributed by atoms with Crippen molar-refractivity contribution >= 4 is 49.3 Å². The van der Waals surface area contributed by atoms with Crippen LogP contribution in [0.1, 0.15) is 27.8 Å². The van der Waals surface area contributed by atoms with Gasteiger partial charge in [-0.25, -0.2) is 4.85 Å². The fourth-order valence-electron chi connectivity index (χ4n) is 7.05. The molecule has 6 aromatic carbocycles. The minimum absolute atomic E-state index is 0.559. The van der Waals surface area contributed by atoms with Crippen LogP contribution < -0.4 is 0 Å². The molecule has 0 bridgehead atoms. The Kier molecular flexibility index (Phi) is 6.11. The molecule has 8 rings (SSSR count). The van der Waals surface area contributed by atoms with Gasteiger partial charge >= 0.3 is 0 Å². The number of hydrogen-bond donors (Lipinski definition) is 0. The Bertz CT molecular complexity index is 2530. The third-order valence-corrected chi connectivity index (χ3v) is 9.17. The number of rotatable bonds is 3. The lowest BCUT2D eigenvalue weighted by molar-refractivity contribution is 1.14. The summed E-state index contributed by atoms with van der Waals surface area (Å²) in [6.45, 7) is 17.3. The second kappa shape index (κ2) is 10.2. The molecule has 0 radical (unpaired) electrons. The standard InChI is InChI=1S/C42H30N4/c1-25-9-13-32-33-14-10-26(2)20-38(33)45(37(32)19-25)36-18-17-31(30-8-6-7-29(23-30)24-43)42(41(36)44-5)46-39-21-27(3)11-15-34(39)35-16-12-28(4)22-40(35)46/h6-23H,1-4H3. The van der Waals surface area contributed by atoms with Gasteiger partial charge in [-0.15, -0.1) is 0 Å². The van der Waals surface area contributed by atoms with Gasteiger partial charge in [0.05, 0.1) is 51.6 Å². The van der Waals surface area contributed by atoms with Crippen LogP contribution in [-0.4, -0.2) is 9.13 Å². The number of fused-ring (bicyclic) bond motifs is 6. The van der Waals surface area contributed by atoms with Crippen LogP contribution in [0.3, 0.4) is 0 Å². The fraction of sp³-hybridized carbons (Fsp3) is 0.0952. The molecule has 0 aliphatic rings. The van der Waals surface area contributed by atoms with E-state index in [1.165, 1.54) is 0 Å². The molecular formula is C42H30N4. The summed E-state index contributed by atoms with van der Waals surface area (Å²) in [5, 5.41) is 14.4. The Labute approximate surface area is 267 Å². The Balaban J connectivity index is 1.60. The van der Waals surface area contributed by atoms with Gasteiger partial charge < -0.3 is 9.13 Å². The van der Waals surface area contributed by atoms with Crippen molar-refractivity contribution in [3.8, 4) is 28.6 Å². The van der Waals surface area contributed by atoms with Gasteiger partial charge in [-0.3, -0.25) is 0 Å². The maximum Gasteiger partial charge on any atom is 0.234 e. The van der Waals surface area contributed by atoms with E-state index >= 15 is 0 Å². The lowest BCUT2D eigenvalue weighted by atomic mass is 9.99. The number of aryl methyl sites for hydroxylation is 4. The number of benzene rings is 6. The lowest BCUT2D eigenvalue weighted by Gasteiger charge is -2.20. The van der Waals surface area contributed by atoms with Gasteiger partial charge in [0.15, 0.2) is 0 Å². The van der Waals surface area contributed by atoms with Gasteiger partial charge in [-0.2, -0.15) is 5.26 Å². The quantitative estimate of drug-likeness (QED) is 0.189. The number of hydrogen-bond acceptors (Lipinski definition) is 1. The number of nitrogens with zero attached hydrogens (tertiary/aromatic N) is 4. The van der Waals surface area contributed by atoms with Crippen LogP contribution >= 0.6 is 0 Å². The van der Waals surface area contributed by atoms with Gasteiger partial charge in [0.2, 0.25) is 5.69 Å². The van der Waals surface area contributed by atoms with E-state index in [1.54, 1.807) is 0 Å². The highest BCUT2D eigenvalue weighted by Crippen LogP contribution is 2.46. The summed E-state index contributed by atoms with van der Waals surface area (Å²) < 4.78 is 4.54. The van der Waals surface area contributed by atoms with Gasteiger partial charge in [-0.05, 0) is 104 Å². The highest BCUT2D eigenvalue weighted by Gasteiger charge is 2.24. The van der Waals surface area contributed by atoms with E-state index in [4.69, 9.17) is 6.57 Å². The Morgan fingerprint density at radius 2 is 1.04 bits per heavy atom. The third kappa shape index (κ3) is 4.05. The first kappa shape index (κ1) is 27.4. The molecule has 2 aromatic heterocycles. The van der Waals surface area contributed by atoms with Crippen LogP contribution in [0.5, 0.6) is 0 Å². The average molecular weight is 591 g/mol. The van der Waals surface area contributed by atoms with E-state index in [0.29, 0.717) is 11.3 Å². The van der Waals surface area contributed by atoms with Gasteiger partial charge in [0.25, 0.3) is 0 Å². The first-order valence-electron chi connectivity index (χ1n) is 15.4. The summed E-state index contributed by atoms with van der Waals surface area (Å²) in [6, 6.07) is 40.5. The monoisotopic (exact) mass is 590 g/mol. The van der Waals surface area contributed by atoms with E-state index in [1.807, 2.05) is 24.3 Å². The van der Waals surface area contributed by atoms with Crippen molar-refractivity contribution in [3.63, 3.8) is 0 Å². The first-order chi connectivity index (χ1) is 22.4. The molecule has 0 amide bonds. The van der Waals surface area contributed by atoms with Crippen LogP contribution in [0.4, 0.5) is 5.69 Å². The normalized spacial score (nSPS) is 11.4. The summed E-state index contributed by atoms with van der Waals surface area (Å²) >= 11 is 0. The lowest BCUT2D eigenvalue weighted by Crippen LogP contribution is -2.03. The predicted octanol–water partition coefficient (Wildman–Crippen LogP) is 11.2. The van der Waals surface area contributed by atoms with Gasteiger partial charge in [0.1, 0.15) is 0 Å². The molecule has 0 N–H and O–H groups in total. The molecule has 0 atom stereocenters. The largest absolute Gasteiger partial charge is 0.319 e. The van der Waals surface area contributed by atoms with Crippen LogP contribution in [0.25, 0.3) is 71.0 Å². The van der Waals surface area contributed by atoms with Crippen molar-refractivity contribution in [2.45, 2.75) is 27.7 Å². The Morgan fingerprint density at radius 1 is 0.565 bits per heavy atom. The van der Waals surface area contributed by atoms with Crippen LogP contribution in [0.15, 0.2) is 109 Å². The minimum atomic E-state index is 0.559. The maximum absolute atomic E-state index is 9.81. The molecule has 0 unspecified atom stereocenters. The minimum Gasteiger partial charge on any atom is -0.319 e. The molecule has 0 saturated carbocycles. The van der Waals surface area contributed by atoms with Crippen LogP contribution in [-0.2, 0) is 0 Å². The Hall–Kier alpha value is -6.10. The average Bonchev–Trinajstić information content (AvgIpc) is 3.54. The van der Waals surface area contributed by atoms with Gasteiger partial charge in [-0.1, -0.05) is 66.7 Å². The molecule has 0 aliphatic carbocycles. The van der Waals surface area contributed by atoms with Crippen molar-refractivity contribution < 1.29 is 0 Å². The van der Waals surface area contributed by atoms with E-state index in [0.717, 1.165) is 88.4 Å². The predicted molar refractivity (Wildman–Crippen MR) is 190 cm³/mol. The second-order valence-electron chi connectivity index (χ2n) is 12.4. The molecule has 4 nitrogen and oxygen atoms in total. The summed E-state index contributed by atoms with van der Waals surface area (Å²) in [5.74, 6) is 0. The first-order valence-corrected chi connectivity index (χ1v) is 15.4. The maximum atomic E-state index is 9.81. The van der Waals surface area contributed by atoms with Crippen molar-refractivity contribution in [2.24, 2.45) is 0 Å². The third-order valence-electron chi connectivity index (χ3n) is 9.17. The molecule has 46 heavy (non-hydrogen) atoms. The van der Waals surface area contributed by atoms with Crippen LogP contribution in [0, 0.1) is 45.6 Å². The van der Waals surface area contributed by atoms with Crippen molar-refractivity contribution in [1.29, 1.82) is 5.26 Å². The number of aromatic nitrogens is 2. The Morgan fingerprint density at radius 3 is 1.50 bits per heavy atom. The zero-order valence-corrected chi connectivity index (χ0v) is 26.2. The van der Waals surface area contributed by atoms with Crippen molar-refractivity contribution in [1.82, 2.24) is 9.13 Å². The van der Waals surface area contributed by atoms with Crippen LogP contribution in [0.2, 0.25) is 0 Å². The summed E-state index contributed by atoms with van der Waals surface area (Å²) in [7, 11) is 0. The fourth-order valence-corrected chi connectivity index (χ4v) is 7.05. The summed E-state index contributed by atoms with van der Waals surface area (Å²) in [4.78, 5) is 4.37. The molecule has 4 heteroatoms.